The molecule has 0 bridgehead atoms. The molecule has 0 aliphatic heterocycles. The Labute approximate surface area is 170 Å². The molecule has 1 aromatic heterocycles. The van der Waals surface area contributed by atoms with Crippen molar-refractivity contribution in [1.29, 1.82) is 0 Å². The second-order valence-corrected chi connectivity index (χ2v) is 7.27. The molecule has 158 valence electrons. The molecule has 1 unspecified atom stereocenters. The molecule has 1 heterocycles. The standard InChI is InChI=1S/C22H20F3NO4/c1-4-10(2)16(22(29)30)17-11(3)26(21(28)12-6-5-7-13(23)8-12)15-9-14(24)20(27)19(25)18(15)17/h5-10,16,27H,4H2,1-3H3,(H,29,30)/t10?,16-/m0/s1. The average molecular weight is 419 g/mol. The lowest BCUT2D eigenvalue weighted by Crippen LogP contribution is -2.21. The summed E-state index contributed by atoms with van der Waals surface area (Å²) in [5, 5.41) is 19.3. The van der Waals surface area contributed by atoms with E-state index in [0.717, 1.165) is 22.8 Å². The summed E-state index contributed by atoms with van der Waals surface area (Å²) in [7, 11) is 0. The van der Waals surface area contributed by atoms with Crippen LogP contribution in [-0.2, 0) is 4.79 Å². The van der Waals surface area contributed by atoms with Crippen LogP contribution in [0.2, 0.25) is 0 Å². The second-order valence-electron chi connectivity index (χ2n) is 7.27. The Hall–Kier alpha value is -3.29. The van der Waals surface area contributed by atoms with E-state index in [1.165, 1.54) is 19.1 Å². The van der Waals surface area contributed by atoms with Gasteiger partial charge in [-0.05, 0) is 36.6 Å². The van der Waals surface area contributed by atoms with Crippen molar-refractivity contribution in [3.8, 4) is 5.75 Å². The van der Waals surface area contributed by atoms with Crippen LogP contribution in [0.1, 0.15) is 47.8 Å². The van der Waals surface area contributed by atoms with Crippen molar-refractivity contribution in [2.45, 2.75) is 33.1 Å². The minimum Gasteiger partial charge on any atom is -0.503 e. The number of aliphatic carboxylic acids is 1. The molecule has 0 radical (unpaired) electrons. The molecule has 0 amide bonds. The molecule has 0 saturated carbocycles. The maximum atomic E-state index is 15.0. The molecular weight excluding hydrogens is 399 g/mol. The van der Waals surface area contributed by atoms with Crippen LogP contribution in [0.4, 0.5) is 13.2 Å². The predicted octanol–water partition coefficient (Wildman–Crippen LogP) is 4.98. The van der Waals surface area contributed by atoms with E-state index in [0.29, 0.717) is 6.42 Å². The van der Waals surface area contributed by atoms with Crippen molar-refractivity contribution in [1.82, 2.24) is 4.57 Å². The number of halogens is 3. The summed E-state index contributed by atoms with van der Waals surface area (Å²) in [6.45, 7) is 4.84. The van der Waals surface area contributed by atoms with Crippen molar-refractivity contribution >= 4 is 22.8 Å². The number of hydrogen-bond donors (Lipinski definition) is 2. The van der Waals surface area contributed by atoms with Gasteiger partial charge in [-0.2, -0.15) is 0 Å². The highest BCUT2D eigenvalue weighted by molar-refractivity contribution is 6.05. The van der Waals surface area contributed by atoms with Crippen molar-refractivity contribution in [2.75, 3.05) is 0 Å². The van der Waals surface area contributed by atoms with Gasteiger partial charge in [0.15, 0.2) is 17.4 Å². The van der Waals surface area contributed by atoms with Crippen LogP contribution in [0.25, 0.3) is 10.9 Å². The Morgan fingerprint density at radius 3 is 2.40 bits per heavy atom. The minimum absolute atomic E-state index is 0.0237. The zero-order valence-corrected chi connectivity index (χ0v) is 16.5. The van der Waals surface area contributed by atoms with E-state index in [4.69, 9.17) is 0 Å². The summed E-state index contributed by atoms with van der Waals surface area (Å²) in [6, 6.07) is 5.55. The molecule has 2 aromatic carbocycles. The quantitative estimate of drug-likeness (QED) is 0.612. The maximum absolute atomic E-state index is 15.0. The Balaban J connectivity index is 2.44. The van der Waals surface area contributed by atoms with Crippen LogP contribution < -0.4 is 0 Å². The topological polar surface area (TPSA) is 79.5 Å². The molecule has 2 N–H and O–H groups in total. The fraction of sp³-hybridized carbons (Fsp3) is 0.273. The third-order valence-corrected chi connectivity index (χ3v) is 5.47. The molecule has 0 saturated heterocycles. The molecule has 2 atom stereocenters. The lowest BCUT2D eigenvalue weighted by Gasteiger charge is -2.20. The first-order chi connectivity index (χ1) is 14.1. The number of fused-ring (bicyclic) bond motifs is 1. The van der Waals surface area contributed by atoms with Crippen molar-refractivity contribution in [2.24, 2.45) is 5.92 Å². The Morgan fingerprint density at radius 1 is 1.17 bits per heavy atom. The number of benzene rings is 2. The number of carbonyl (C=O) groups excluding carboxylic acids is 1. The van der Waals surface area contributed by atoms with Crippen molar-refractivity contribution < 1.29 is 33.0 Å². The van der Waals surface area contributed by atoms with Gasteiger partial charge in [-0.25, -0.2) is 13.2 Å². The number of aromatic hydroxyl groups is 1. The van der Waals surface area contributed by atoms with E-state index in [1.54, 1.807) is 13.8 Å². The van der Waals surface area contributed by atoms with Crippen LogP contribution in [0, 0.1) is 30.3 Å². The van der Waals surface area contributed by atoms with Gasteiger partial charge in [0.2, 0.25) is 0 Å². The Morgan fingerprint density at radius 2 is 1.83 bits per heavy atom. The van der Waals surface area contributed by atoms with E-state index in [2.05, 4.69) is 0 Å². The fourth-order valence-electron chi connectivity index (χ4n) is 3.79. The third kappa shape index (κ3) is 3.32. The highest BCUT2D eigenvalue weighted by atomic mass is 19.1. The number of rotatable bonds is 5. The number of carbonyl (C=O) groups is 2. The Kier molecular flexibility index (Phi) is 5.61. The zero-order valence-electron chi connectivity index (χ0n) is 16.5. The molecule has 3 aromatic rings. The summed E-state index contributed by atoms with van der Waals surface area (Å²) >= 11 is 0. The summed E-state index contributed by atoms with van der Waals surface area (Å²) in [5.41, 5.74) is -0.259. The normalized spacial score (nSPS) is 13.4. The van der Waals surface area contributed by atoms with Gasteiger partial charge < -0.3 is 10.2 Å². The first kappa shape index (κ1) is 21.4. The molecule has 0 aliphatic rings. The highest BCUT2D eigenvalue weighted by Crippen LogP contribution is 2.41. The van der Waals surface area contributed by atoms with Crippen molar-refractivity contribution in [3.05, 3.63) is 64.6 Å². The minimum atomic E-state index is -1.34. The summed E-state index contributed by atoms with van der Waals surface area (Å²) < 4.78 is 43.7. The summed E-state index contributed by atoms with van der Waals surface area (Å²) in [4.78, 5) is 25.2. The highest BCUT2D eigenvalue weighted by Gasteiger charge is 2.35. The van der Waals surface area contributed by atoms with Crippen LogP contribution in [-0.4, -0.2) is 26.7 Å². The fourth-order valence-corrected chi connectivity index (χ4v) is 3.79. The number of carboxylic acid groups (broad SMARTS) is 1. The molecular formula is C22H20F3NO4. The lowest BCUT2D eigenvalue weighted by atomic mass is 9.84. The van der Waals surface area contributed by atoms with Gasteiger partial charge in [0.05, 0.1) is 11.4 Å². The van der Waals surface area contributed by atoms with E-state index in [1.807, 2.05) is 0 Å². The third-order valence-electron chi connectivity index (χ3n) is 5.47. The predicted molar refractivity (Wildman–Crippen MR) is 104 cm³/mol. The van der Waals surface area contributed by atoms with Crippen LogP contribution in [0.3, 0.4) is 0 Å². The smallest absolute Gasteiger partial charge is 0.311 e. The van der Waals surface area contributed by atoms with Crippen LogP contribution in [0.5, 0.6) is 5.75 Å². The largest absolute Gasteiger partial charge is 0.503 e. The van der Waals surface area contributed by atoms with Crippen LogP contribution >= 0.6 is 0 Å². The van der Waals surface area contributed by atoms with Crippen molar-refractivity contribution in [3.63, 3.8) is 0 Å². The number of hydrogen-bond acceptors (Lipinski definition) is 3. The summed E-state index contributed by atoms with van der Waals surface area (Å²) in [5.74, 6) is -8.25. The van der Waals surface area contributed by atoms with E-state index in [9.17, 15) is 33.0 Å². The number of aromatic nitrogens is 1. The average Bonchev–Trinajstić information content (AvgIpc) is 2.97. The molecule has 0 spiro atoms. The van der Waals surface area contributed by atoms with Gasteiger partial charge in [0, 0.05) is 22.7 Å². The first-order valence-corrected chi connectivity index (χ1v) is 9.35. The van der Waals surface area contributed by atoms with Gasteiger partial charge >= 0.3 is 5.97 Å². The first-order valence-electron chi connectivity index (χ1n) is 9.35. The van der Waals surface area contributed by atoms with Gasteiger partial charge in [-0.15, -0.1) is 0 Å². The number of nitrogens with zero attached hydrogens (tertiary/aromatic N) is 1. The SMILES string of the molecule is CCC(C)[C@H](C(=O)O)c1c(C)n(C(=O)c2cccc(F)c2)c2cc(F)c(O)c(F)c12. The maximum Gasteiger partial charge on any atom is 0.311 e. The summed E-state index contributed by atoms with van der Waals surface area (Å²) in [6.07, 6.45) is 0.440. The Bertz CT molecular complexity index is 1170. The molecule has 3 rings (SSSR count). The number of carboxylic acids is 1. The molecule has 30 heavy (non-hydrogen) atoms. The van der Waals surface area contributed by atoms with E-state index in [-0.39, 0.29) is 27.7 Å². The second kappa shape index (κ2) is 7.85. The van der Waals surface area contributed by atoms with E-state index >= 15 is 0 Å². The van der Waals surface area contributed by atoms with Gasteiger partial charge in [0.25, 0.3) is 5.91 Å². The molecule has 0 aliphatic carbocycles. The molecule has 8 heteroatoms. The lowest BCUT2D eigenvalue weighted by molar-refractivity contribution is -0.140. The monoisotopic (exact) mass is 419 g/mol. The van der Waals surface area contributed by atoms with Gasteiger partial charge in [0.1, 0.15) is 5.82 Å². The molecule has 5 nitrogen and oxygen atoms in total. The molecule has 0 fully saturated rings. The van der Waals surface area contributed by atoms with Crippen LogP contribution in [0.15, 0.2) is 30.3 Å². The number of phenols is 1. The van der Waals surface area contributed by atoms with Gasteiger partial charge in [-0.1, -0.05) is 26.3 Å². The number of phenolic OH excluding ortho intramolecular Hbond substituents is 1. The van der Waals surface area contributed by atoms with Gasteiger partial charge in [-0.3, -0.25) is 14.2 Å². The zero-order chi connectivity index (χ0) is 22.3. The van der Waals surface area contributed by atoms with E-state index < -0.39 is 46.9 Å².